The molecule has 9 aromatic rings. The van der Waals surface area contributed by atoms with E-state index in [1.807, 2.05) is 105 Å². The number of aromatic nitrogens is 9. The van der Waals surface area contributed by atoms with E-state index in [2.05, 4.69) is 52.9 Å². The topological polar surface area (TPSA) is 260 Å². The normalized spacial score (nSPS) is 20.9. The Morgan fingerprint density at radius 1 is 0.690 bits per heavy atom. The third-order valence-electron chi connectivity index (χ3n) is 18.2. The molecule has 6 aromatic carbocycles. The first-order chi connectivity index (χ1) is 48.3. The summed E-state index contributed by atoms with van der Waals surface area (Å²) in [6.45, 7) is 9.60. The number of hydrogen-bond donors (Lipinski definition) is 3. The van der Waals surface area contributed by atoms with Gasteiger partial charge in [0.2, 0.25) is 17.9 Å². The molecule has 3 N–H and O–H groups in total. The number of rotatable bonds is 28. The van der Waals surface area contributed by atoms with Crippen LogP contribution in [0.5, 0.6) is 11.5 Å². The minimum Gasteiger partial charge on any atom is -0.491 e. The number of alkyl halides is 3. The largest absolute Gasteiger partial charge is 0.491 e. The van der Waals surface area contributed by atoms with Crippen LogP contribution in [0.3, 0.4) is 0 Å². The van der Waals surface area contributed by atoms with Crippen LogP contribution in [0, 0.1) is 0 Å². The van der Waals surface area contributed by atoms with E-state index in [4.69, 9.17) is 33.5 Å². The first-order valence-electron chi connectivity index (χ1n) is 33.2. The van der Waals surface area contributed by atoms with Gasteiger partial charge >= 0.3 is 11.9 Å². The summed E-state index contributed by atoms with van der Waals surface area (Å²) >= 11 is 0. The summed E-state index contributed by atoms with van der Waals surface area (Å²) in [5.41, 5.74) is 4.72. The molecule has 3 saturated heterocycles. The first kappa shape index (κ1) is 68.7. The van der Waals surface area contributed by atoms with Crippen molar-refractivity contribution in [1.82, 2.24) is 49.3 Å². The molecule has 13 rings (SSSR count). The number of anilines is 5. The van der Waals surface area contributed by atoms with Crippen molar-refractivity contribution in [2.45, 2.75) is 106 Å². The van der Waals surface area contributed by atoms with E-state index >= 15 is 0 Å². The number of hydrazone groups is 1. The summed E-state index contributed by atoms with van der Waals surface area (Å²) in [7, 11) is -3.73. The van der Waals surface area contributed by atoms with E-state index in [9.17, 15) is 31.5 Å². The lowest BCUT2D eigenvalue weighted by Crippen LogP contribution is -2.46. The Morgan fingerprint density at radius 3 is 1.93 bits per heavy atom. The summed E-state index contributed by atoms with van der Waals surface area (Å²) in [6.07, 6.45) is 4.14. The third kappa shape index (κ3) is 15.5. The van der Waals surface area contributed by atoms with Crippen LogP contribution >= 0.6 is 0 Å². The van der Waals surface area contributed by atoms with Gasteiger partial charge in [0.1, 0.15) is 67.6 Å². The van der Waals surface area contributed by atoms with Crippen molar-refractivity contribution in [2.75, 3.05) is 97.3 Å². The van der Waals surface area contributed by atoms with Gasteiger partial charge in [0.25, 0.3) is 0 Å². The number of hydrogen-bond acceptors (Lipinski definition) is 22. The summed E-state index contributed by atoms with van der Waals surface area (Å²) < 4.78 is 111. The van der Waals surface area contributed by atoms with Crippen LogP contribution in [0.15, 0.2) is 185 Å². The van der Waals surface area contributed by atoms with Gasteiger partial charge in [-0.25, -0.2) is 27.5 Å². The van der Waals surface area contributed by atoms with Crippen LogP contribution in [-0.4, -0.2) is 166 Å². The van der Waals surface area contributed by atoms with Gasteiger partial charge in [-0.15, -0.1) is 0 Å². The average Bonchev–Trinajstić information content (AvgIpc) is 1.52. The number of nitrogens with zero attached hydrogens (tertiary/aromatic N) is 14. The minimum absolute atomic E-state index is 0.00411. The predicted molar refractivity (Wildman–Crippen MR) is 367 cm³/mol. The fourth-order valence-electron chi connectivity index (χ4n) is 12.6. The van der Waals surface area contributed by atoms with E-state index in [0.717, 1.165) is 40.7 Å². The van der Waals surface area contributed by atoms with Gasteiger partial charge in [-0.1, -0.05) is 67.6 Å². The zero-order valence-corrected chi connectivity index (χ0v) is 56.5. The van der Waals surface area contributed by atoms with Crippen molar-refractivity contribution in [3.05, 3.63) is 203 Å². The van der Waals surface area contributed by atoms with Crippen LogP contribution in [-0.2, 0) is 66.0 Å². The third-order valence-corrected chi connectivity index (χ3v) is 19.3. The molecule has 0 spiro atoms. The van der Waals surface area contributed by atoms with Crippen molar-refractivity contribution in [3.8, 4) is 17.2 Å². The molecule has 100 heavy (non-hydrogen) atoms. The molecule has 0 amide bonds. The fraction of sp³-hybridized carbons (Fsp3) is 0.386. The number of aliphatic hydroxyl groups is 1. The van der Waals surface area contributed by atoms with Gasteiger partial charge in [-0.3, -0.25) is 4.90 Å². The molecule has 3 fully saturated rings. The van der Waals surface area contributed by atoms with Gasteiger partial charge in [0.15, 0.2) is 9.84 Å². The molecule has 0 radical (unpaired) electrons. The lowest BCUT2D eigenvalue weighted by atomic mass is 10.1. The van der Waals surface area contributed by atoms with Crippen LogP contribution in [0.2, 0.25) is 0 Å². The maximum atomic E-state index is 14.4. The second-order valence-electron chi connectivity index (χ2n) is 25.1. The maximum absolute atomic E-state index is 14.4. The lowest BCUT2D eigenvalue weighted by Gasteiger charge is -2.37. The van der Waals surface area contributed by atoms with E-state index in [1.165, 1.54) is 43.6 Å². The molecule has 4 aliphatic rings. The molecule has 7 heterocycles. The van der Waals surface area contributed by atoms with Crippen molar-refractivity contribution in [1.29, 1.82) is 0 Å². The van der Waals surface area contributed by atoms with Crippen LogP contribution in [0.25, 0.3) is 5.69 Å². The van der Waals surface area contributed by atoms with Gasteiger partial charge in [-0.2, -0.15) is 53.4 Å². The Labute approximate surface area is 575 Å². The summed E-state index contributed by atoms with van der Waals surface area (Å²) in [5.74, 6) is -2.29. The minimum atomic E-state index is -4.68. The standard InChI is InChI=1S/C70H79F3N16O10S/c1-5-49(2)88-66(90)85(47-79-88)57-24-22-55(23-25-57)82-34-36-83(37-35-82)58-26-29-64(65(38-58)100(4,92)93)95-42-61-44-97-69(99-61,52-14-10-7-11-15-52)46-87-78-40-54(81-87)17-16-50(3)89-67(91)84(48-80-89)56-20-18-53(19-21-56)74-30-31-75-63-28-27-59(39-62(63)70(71,72)73)94-41-60-43-96-68(98-60,45-86-76-32-33-77-86)51-12-8-6-9-13-51/h6-15,18-29,32-33,38-40,47-50,60-61,66,74-75,90H,5,16-17,30-31,34-37,41-46H2,1-4H3/t49?,50?,60-,61-,66?,68-,69-/m1/s1. The van der Waals surface area contributed by atoms with Gasteiger partial charge in [0, 0.05) is 91.1 Å². The average molecular weight is 1390 g/mol. The molecule has 3 aromatic heterocycles. The van der Waals surface area contributed by atoms with Crippen molar-refractivity contribution < 1.29 is 55.1 Å². The highest BCUT2D eigenvalue weighted by Gasteiger charge is 2.47. The predicted octanol–water partition coefficient (Wildman–Crippen LogP) is 8.52. The summed E-state index contributed by atoms with van der Waals surface area (Å²) in [6, 6.07) is 42.7. The molecule has 0 bridgehead atoms. The second-order valence-corrected chi connectivity index (χ2v) is 27.1. The Balaban J connectivity index is 0.566. The number of piperazine rings is 1. The number of benzene rings is 6. The highest BCUT2D eigenvalue weighted by atomic mass is 32.2. The van der Waals surface area contributed by atoms with Crippen LogP contribution < -0.4 is 40.5 Å². The summed E-state index contributed by atoms with van der Waals surface area (Å²) in [4.78, 5) is 23.0. The van der Waals surface area contributed by atoms with E-state index < -0.39 is 51.7 Å². The molecule has 4 aliphatic heterocycles. The lowest BCUT2D eigenvalue weighted by molar-refractivity contribution is -0.192. The number of halogens is 3. The van der Waals surface area contributed by atoms with Crippen LogP contribution in [0.1, 0.15) is 62.0 Å². The SMILES string of the molecule is CCC(C)N1N=CN(c2ccc(N3CCN(c4ccc(OC[C@@H]5CO[C@@](Cn6ncc(CCC(C)n7ncn(-c8ccc(NCCNc9ccc(OC[C@@H]%10CO[C@@](Cn%11nccn%11)(c%11ccccc%11)O%10)cc9C(F)(F)F)cc8)c7=O)n6)(c6ccccc6)O5)c(S(C)(=O)=O)c4)CC3)cc2)C1O. The smallest absolute Gasteiger partial charge is 0.418 e. The van der Waals surface area contributed by atoms with Gasteiger partial charge in [-0.05, 0) is 118 Å². The van der Waals surface area contributed by atoms with Gasteiger partial charge < -0.3 is 54.0 Å². The molecule has 3 unspecified atom stereocenters. The Bertz CT molecular complexity index is 4410. The second kappa shape index (κ2) is 29.5. The van der Waals surface area contributed by atoms with Crippen LogP contribution in [0.4, 0.5) is 41.6 Å². The molecule has 0 aliphatic carbocycles. The highest BCUT2D eigenvalue weighted by molar-refractivity contribution is 7.90. The number of ether oxygens (including phenoxy) is 6. The number of sulfone groups is 1. The highest BCUT2D eigenvalue weighted by Crippen LogP contribution is 2.41. The van der Waals surface area contributed by atoms with Crippen molar-refractivity contribution >= 4 is 44.6 Å². The Hall–Kier alpha value is -9.85. The van der Waals surface area contributed by atoms with E-state index in [-0.39, 0.29) is 92.5 Å². The zero-order chi connectivity index (χ0) is 69.6. The van der Waals surface area contributed by atoms with E-state index in [0.29, 0.717) is 56.1 Å². The number of aryl methyl sites for hydroxylation is 1. The zero-order valence-electron chi connectivity index (χ0n) is 55.7. The molecule has 0 saturated carbocycles. The molecule has 526 valence electrons. The Kier molecular flexibility index (Phi) is 20.3. The quantitative estimate of drug-likeness (QED) is 0.0388. The molecular formula is C70H79F3N16O10S. The monoisotopic (exact) mass is 1390 g/mol. The van der Waals surface area contributed by atoms with Crippen molar-refractivity contribution in [3.63, 3.8) is 0 Å². The number of aliphatic hydroxyl groups excluding tert-OH is 1. The molecule has 7 atom stereocenters. The number of nitrogens with one attached hydrogen (secondary N) is 2. The summed E-state index contributed by atoms with van der Waals surface area (Å²) in [5, 5.41) is 45.3. The first-order valence-corrected chi connectivity index (χ1v) is 35.1. The molecular weight excluding hydrogens is 1310 g/mol. The van der Waals surface area contributed by atoms with Crippen molar-refractivity contribution in [2.24, 2.45) is 5.10 Å². The maximum Gasteiger partial charge on any atom is 0.418 e. The Morgan fingerprint density at radius 2 is 1.29 bits per heavy atom. The fourth-order valence-corrected chi connectivity index (χ4v) is 13.4. The molecule has 30 heteroatoms. The van der Waals surface area contributed by atoms with E-state index in [1.54, 1.807) is 71.2 Å². The van der Waals surface area contributed by atoms with Gasteiger partial charge in [0.05, 0.1) is 54.8 Å². The molecule has 26 nitrogen and oxygen atoms in total.